The van der Waals surface area contributed by atoms with Crippen LogP contribution in [0.1, 0.15) is 11.7 Å². The zero-order valence-corrected chi connectivity index (χ0v) is 16.1. The SMILES string of the molecule is OC(COc1ccc(Cl)cc1)CN1CCOC(c2ccc(Br)cc2)C1. The molecular weight excluding hydrogens is 406 g/mol. The normalized spacial score (nSPS) is 19.6. The minimum atomic E-state index is -0.556. The van der Waals surface area contributed by atoms with Crippen LogP contribution < -0.4 is 4.74 Å². The maximum atomic E-state index is 10.3. The highest BCUT2D eigenvalue weighted by molar-refractivity contribution is 9.10. The lowest BCUT2D eigenvalue weighted by Crippen LogP contribution is -2.43. The van der Waals surface area contributed by atoms with Gasteiger partial charge in [-0.15, -0.1) is 0 Å². The summed E-state index contributed by atoms with van der Waals surface area (Å²) >= 11 is 9.30. The number of aliphatic hydroxyl groups excluding tert-OH is 1. The molecule has 1 heterocycles. The molecule has 25 heavy (non-hydrogen) atoms. The zero-order chi connectivity index (χ0) is 17.6. The van der Waals surface area contributed by atoms with Crippen molar-refractivity contribution in [2.75, 3.05) is 32.8 Å². The molecule has 2 unspecified atom stereocenters. The van der Waals surface area contributed by atoms with E-state index in [1.54, 1.807) is 24.3 Å². The first-order valence-electron chi connectivity index (χ1n) is 8.26. The summed E-state index contributed by atoms with van der Waals surface area (Å²) in [6.07, 6.45) is -0.523. The second-order valence-electron chi connectivity index (χ2n) is 6.09. The van der Waals surface area contributed by atoms with Gasteiger partial charge >= 0.3 is 0 Å². The molecular formula is C19H21BrClNO3. The third-order valence-corrected chi connectivity index (χ3v) is 4.90. The first-order valence-corrected chi connectivity index (χ1v) is 9.43. The van der Waals surface area contributed by atoms with E-state index in [-0.39, 0.29) is 12.7 Å². The summed E-state index contributed by atoms with van der Waals surface area (Å²) in [6.45, 7) is 3.04. The predicted molar refractivity (Wildman–Crippen MR) is 102 cm³/mol. The standard InChI is InChI=1S/C19H21BrClNO3/c20-15-3-1-14(2-4-15)19-12-22(9-10-24-19)11-17(23)13-25-18-7-5-16(21)6-8-18/h1-8,17,19,23H,9-13H2. The Morgan fingerprint density at radius 1 is 1.20 bits per heavy atom. The largest absolute Gasteiger partial charge is 0.491 e. The van der Waals surface area contributed by atoms with Crippen LogP contribution in [0, 0.1) is 0 Å². The zero-order valence-electron chi connectivity index (χ0n) is 13.8. The van der Waals surface area contributed by atoms with E-state index in [1.807, 2.05) is 12.1 Å². The van der Waals surface area contributed by atoms with Crippen LogP contribution in [0.5, 0.6) is 5.75 Å². The molecule has 0 spiro atoms. The number of morpholine rings is 1. The van der Waals surface area contributed by atoms with Crippen LogP contribution in [-0.2, 0) is 4.74 Å². The Morgan fingerprint density at radius 2 is 1.92 bits per heavy atom. The van der Waals surface area contributed by atoms with Crippen molar-refractivity contribution in [1.82, 2.24) is 4.90 Å². The van der Waals surface area contributed by atoms with Gasteiger partial charge in [0.05, 0.1) is 12.7 Å². The summed E-state index contributed by atoms with van der Waals surface area (Å²) in [7, 11) is 0. The lowest BCUT2D eigenvalue weighted by molar-refractivity contribution is -0.0459. The molecule has 0 bridgehead atoms. The van der Waals surface area contributed by atoms with E-state index in [2.05, 4.69) is 33.0 Å². The van der Waals surface area contributed by atoms with E-state index in [4.69, 9.17) is 21.1 Å². The van der Waals surface area contributed by atoms with Crippen LogP contribution in [0.3, 0.4) is 0 Å². The Kier molecular flexibility index (Phi) is 6.73. The van der Waals surface area contributed by atoms with Gasteiger partial charge in [0.15, 0.2) is 0 Å². The lowest BCUT2D eigenvalue weighted by Gasteiger charge is -2.34. The van der Waals surface area contributed by atoms with Crippen molar-refractivity contribution in [2.24, 2.45) is 0 Å². The van der Waals surface area contributed by atoms with Crippen molar-refractivity contribution in [3.05, 3.63) is 63.6 Å². The molecule has 134 valence electrons. The highest BCUT2D eigenvalue weighted by atomic mass is 79.9. The average molecular weight is 427 g/mol. The number of hydrogen-bond acceptors (Lipinski definition) is 4. The number of β-amino-alcohol motifs (C(OH)–C–C–N with tert-alkyl or cyclic N) is 1. The number of rotatable bonds is 6. The minimum absolute atomic E-state index is 0.0335. The second-order valence-corrected chi connectivity index (χ2v) is 7.44. The van der Waals surface area contributed by atoms with E-state index in [1.165, 1.54) is 0 Å². The smallest absolute Gasteiger partial charge is 0.119 e. The third-order valence-electron chi connectivity index (χ3n) is 4.12. The van der Waals surface area contributed by atoms with Crippen LogP contribution in [0.15, 0.2) is 53.0 Å². The van der Waals surface area contributed by atoms with Gasteiger partial charge in [-0.05, 0) is 42.0 Å². The molecule has 1 aliphatic heterocycles. The fourth-order valence-corrected chi connectivity index (χ4v) is 3.21. The number of halogens is 2. The maximum Gasteiger partial charge on any atom is 0.119 e. The Morgan fingerprint density at radius 3 is 2.64 bits per heavy atom. The minimum Gasteiger partial charge on any atom is -0.491 e. The van der Waals surface area contributed by atoms with Gasteiger partial charge in [0.25, 0.3) is 0 Å². The average Bonchev–Trinajstić information content (AvgIpc) is 2.62. The maximum absolute atomic E-state index is 10.3. The van der Waals surface area contributed by atoms with Gasteiger partial charge in [-0.2, -0.15) is 0 Å². The fourth-order valence-electron chi connectivity index (χ4n) is 2.82. The number of nitrogens with zero attached hydrogens (tertiary/aromatic N) is 1. The van der Waals surface area contributed by atoms with Gasteiger partial charge in [-0.25, -0.2) is 0 Å². The van der Waals surface area contributed by atoms with Crippen molar-refractivity contribution in [3.8, 4) is 5.75 Å². The quantitative estimate of drug-likeness (QED) is 0.760. The number of ether oxygens (including phenoxy) is 2. The molecule has 2 atom stereocenters. The van der Waals surface area contributed by atoms with Crippen molar-refractivity contribution in [2.45, 2.75) is 12.2 Å². The van der Waals surface area contributed by atoms with Gasteiger partial charge < -0.3 is 14.6 Å². The summed E-state index contributed by atoms with van der Waals surface area (Å²) < 4.78 is 12.5. The van der Waals surface area contributed by atoms with Gasteiger partial charge in [0, 0.05) is 29.1 Å². The van der Waals surface area contributed by atoms with Crippen LogP contribution in [0.25, 0.3) is 0 Å². The van der Waals surface area contributed by atoms with Crippen LogP contribution in [0.2, 0.25) is 5.02 Å². The Balaban J connectivity index is 1.48. The molecule has 0 aromatic heterocycles. The Labute approximate surface area is 161 Å². The fraction of sp³-hybridized carbons (Fsp3) is 0.368. The summed E-state index contributed by atoms with van der Waals surface area (Å²) in [5.74, 6) is 0.707. The second kappa shape index (κ2) is 9.01. The topological polar surface area (TPSA) is 41.9 Å². The molecule has 0 aliphatic carbocycles. The third kappa shape index (κ3) is 5.69. The van der Waals surface area contributed by atoms with Crippen molar-refractivity contribution in [3.63, 3.8) is 0 Å². The predicted octanol–water partition coefficient (Wildman–Crippen LogP) is 3.92. The van der Waals surface area contributed by atoms with Gasteiger partial charge in [-0.1, -0.05) is 39.7 Å². The molecule has 0 radical (unpaired) electrons. The van der Waals surface area contributed by atoms with Gasteiger partial charge in [-0.3, -0.25) is 4.90 Å². The molecule has 1 fully saturated rings. The molecule has 3 rings (SSSR count). The highest BCUT2D eigenvalue weighted by Crippen LogP contribution is 2.24. The monoisotopic (exact) mass is 425 g/mol. The van der Waals surface area contributed by atoms with Crippen LogP contribution in [-0.4, -0.2) is 49.0 Å². The Bertz CT molecular complexity index is 665. The van der Waals surface area contributed by atoms with E-state index < -0.39 is 6.10 Å². The Hall–Kier alpha value is -1.11. The van der Waals surface area contributed by atoms with E-state index >= 15 is 0 Å². The molecule has 1 saturated heterocycles. The summed E-state index contributed by atoms with van der Waals surface area (Å²) in [4.78, 5) is 2.21. The summed E-state index contributed by atoms with van der Waals surface area (Å²) in [5.41, 5.74) is 1.15. The molecule has 2 aromatic carbocycles. The summed E-state index contributed by atoms with van der Waals surface area (Å²) in [6, 6.07) is 15.3. The number of hydrogen-bond donors (Lipinski definition) is 1. The number of aliphatic hydroxyl groups is 1. The van der Waals surface area contributed by atoms with E-state index in [0.29, 0.717) is 23.9 Å². The molecule has 6 heteroatoms. The molecule has 2 aromatic rings. The number of benzene rings is 2. The molecule has 1 N–H and O–H groups in total. The molecule has 0 amide bonds. The van der Waals surface area contributed by atoms with E-state index in [9.17, 15) is 5.11 Å². The van der Waals surface area contributed by atoms with Crippen LogP contribution >= 0.6 is 27.5 Å². The van der Waals surface area contributed by atoms with Crippen LogP contribution in [0.4, 0.5) is 0 Å². The first kappa shape index (κ1) is 18.7. The van der Waals surface area contributed by atoms with Gasteiger partial charge in [0.2, 0.25) is 0 Å². The van der Waals surface area contributed by atoms with Crippen molar-refractivity contribution in [1.29, 1.82) is 0 Å². The van der Waals surface area contributed by atoms with Crippen molar-refractivity contribution >= 4 is 27.5 Å². The van der Waals surface area contributed by atoms with Crippen molar-refractivity contribution < 1.29 is 14.6 Å². The highest BCUT2D eigenvalue weighted by Gasteiger charge is 2.23. The summed E-state index contributed by atoms with van der Waals surface area (Å²) in [5, 5.41) is 10.9. The van der Waals surface area contributed by atoms with E-state index in [0.717, 1.165) is 23.1 Å². The van der Waals surface area contributed by atoms with Gasteiger partial charge in [0.1, 0.15) is 18.5 Å². The first-order chi connectivity index (χ1) is 12.1. The molecule has 0 saturated carbocycles. The lowest BCUT2D eigenvalue weighted by atomic mass is 10.1. The molecule has 4 nitrogen and oxygen atoms in total. The molecule has 1 aliphatic rings.